The third kappa shape index (κ3) is 4.05. The first-order valence-electron chi connectivity index (χ1n) is 5.89. The lowest BCUT2D eigenvalue weighted by atomic mass is 10.0. The predicted octanol–water partition coefficient (Wildman–Crippen LogP) is 5.18. The number of thioether (sulfide) groups is 1. The molecule has 0 saturated heterocycles. The third-order valence-corrected chi connectivity index (χ3v) is 4.95. The quantitative estimate of drug-likeness (QED) is 0.674. The van der Waals surface area contributed by atoms with Crippen LogP contribution in [0.3, 0.4) is 0 Å². The first-order valence-corrected chi connectivity index (χ1v) is 8.06. The number of hydrogen-bond acceptors (Lipinski definition) is 1. The Kier molecular flexibility index (Phi) is 5.40. The summed E-state index contributed by atoms with van der Waals surface area (Å²) in [6.07, 6.45) is 0. The van der Waals surface area contributed by atoms with Crippen LogP contribution in [0, 0.1) is 11.6 Å². The molecule has 0 aliphatic heterocycles. The number of rotatable bonds is 5. The van der Waals surface area contributed by atoms with Crippen molar-refractivity contribution in [2.45, 2.75) is 5.25 Å². The van der Waals surface area contributed by atoms with Crippen molar-refractivity contribution in [3.8, 4) is 0 Å². The molecule has 2 aromatic carbocycles. The molecule has 2 rings (SSSR count). The lowest BCUT2D eigenvalue weighted by Crippen LogP contribution is -1.99. The van der Waals surface area contributed by atoms with Crippen LogP contribution >= 0.6 is 27.7 Å². The average molecular weight is 343 g/mol. The van der Waals surface area contributed by atoms with E-state index in [9.17, 15) is 8.78 Å². The summed E-state index contributed by atoms with van der Waals surface area (Å²) in [6, 6.07) is 13.0. The van der Waals surface area contributed by atoms with E-state index in [-0.39, 0.29) is 16.9 Å². The highest BCUT2D eigenvalue weighted by atomic mass is 79.9. The Morgan fingerprint density at radius 1 is 0.842 bits per heavy atom. The van der Waals surface area contributed by atoms with Crippen LogP contribution in [-0.2, 0) is 0 Å². The van der Waals surface area contributed by atoms with Gasteiger partial charge in [-0.2, -0.15) is 0 Å². The summed E-state index contributed by atoms with van der Waals surface area (Å²) in [7, 11) is 0. The zero-order valence-electron chi connectivity index (χ0n) is 10.2. The summed E-state index contributed by atoms with van der Waals surface area (Å²) in [5, 5.41) is 0.982. The Balaban J connectivity index is 2.29. The number of hydrogen-bond donors (Lipinski definition) is 0. The molecule has 0 amide bonds. The molecule has 0 heterocycles. The zero-order valence-corrected chi connectivity index (χ0v) is 12.6. The monoisotopic (exact) mass is 342 g/mol. The molecule has 0 radical (unpaired) electrons. The van der Waals surface area contributed by atoms with Crippen LogP contribution in [0.15, 0.2) is 48.5 Å². The minimum atomic E-state index is -0.243. The van der Waals surface area contributed by atoms with Gasteiger partial charge < -0.3 is 0 Å². The normalized spacial score (nSPS) is 10.9. The highest BCUT2D eigenvalue weighted by Crippen LogP contribution is 2.35. The fraction of sp³-hybridized carbons (Fsp3) is 0.200. The molecule has 0 aromatic heterocycles. The lowest BCUT2D eigenvalue weighted by Gasteiger charge is -2.17. The maximum absolute atomic E-state index is 13.0. The van der Waals surface area contributed by atoms with Crippen LogP contribution < -0.4 is 0 Å². The van der Waals surface area contributed by atoms with Crippen LogP contribution in [0.1, 0.15) is 16.4 Å². The second kappa shape index (κ2) is 7.06. The Labute approximate surface area is 124 Å². The summed E-state index contributed by atoms with van der Waals surface area (Å²) >= 11 is 5.15. The Morgan fingerprint density at radius 2 is 1.26 bits per heavy atom. The minimum Gasteiger partial charge on any atom is -0.207 e. The van der Waals surface area contributed by atoms with Gasteiger partial charge in [0, 0.05) is 11.1 Å². The molecule has 100 valence electrons. The number of benzene rings is 2. The molecule has 19 heavy (non-hydrogen) atoms. The SMILES string of the molecule is Fc1ccc(C(SCCBr)c2ccc(F)cc2)cc1. The molecule has 0 unspecified atom stereocenters. The number of halogens is 3. The van der Waals surface area contributed by atoms with Crippen molar-refractivity contribution in [3.05, 3.63) is 71.3 Å². The van der Waals surface area contributed by atoms with Gasteiger partial charge in [-0.15, -0.1) is 11.8 Å². The summed E-state index contributed by atoms with van der Waals surface area (Å²) in [6.45, 7) is 0. The van der Waals surface area contributed by atoms with E-state index in [0.29, 0.717) is 0 Å². The van der Waals surface area contributed by atoms with Gasteiger partial charge in [-0.25, -0.2) is 8.78 Å². The smallest absolute Gasteiger partial charge is 0.123 e. The molecule has 0 N–H and O–H groups in total. The van der Waals surface area contributed by atoms with E-state index >= 15 is 0 Å². The van der Waals surface area contributed by atoms with Crippen molar-refractivity contribution in [1.82, 2.24) is 0 Å². The molecule has 4 heteroatoms. The first kappa shape index (κ1) is 14.5. The third-order valence-electron chi connectivity index (χ3n) is 2.71. The molecule has 0 fully saturated rings. The van der Waals surface area contributed by atoms with Gasteiger partial charge in [-0.3, -0.25) is 0 Å². The van der Waals surface area contributed by atoms with E-state index in [1.807, 2.05) is 0 Å². The zero-order chi connectivity index (χ0) is 13.7. The molecule has 0 spiro atoms. The van der Waals surface area contributed by atoms with Gasteiger partial charge in [-0.05, 0) is 35.4 Å². The van der Waals surface area contributed by atoms with Crippen molar-refractivity contribution in [2.75, 3.05) is 11.1 Å². The average Bonchev–Trinajstić information content (AvgIpc) is 2.43. The van der Waals surface area contributed by atoms with Gasteiger partial charge in [0.15, 0.2) is 0 Å². The van der Waals surface area contributed by atoms with E-state index in [1.54, 1.807) is 36.0 Å². The van der Waals surface area contributed by atoms with Crippen LogP contribution in [-0.4, -0.2) is 11.1 Å². The van der Waals surface area contributed by atoms with Crippen molar-refractivity contribution < 1.29 is 8.78 Å². The van der Waals surface area contributed by atoms with Gasteiger partial charge in [0.2, 0.25) is 0 Å². The predicted molar refractivity (Wildman–Crippen MR) is 80.9 cm³/mol. The van der Waals surface area contributed by atoms with Gasteiger partial charge in [0.25, 0.3) is 0 Å². The summed E-state index contributed by atoms with van der Waals surface area (Å²) in [5.74, 6) is 0.443. The van der Waals surface area contributed by atoms with Crippen LogP contribution in [0.25, 0.3) is 0 Å². The Morgan fingerprint density at radius 3 is 1.63 bits per heavy atom. The van der Waals surface area contributed by atoms with Gasteiger partial charge in [0.1, 0.15) is 11.6 Å². The largest absolute Gasteiger partial charge is 0.207 e. The molecular formula is C15H13BrF2S. The fourth-order valence-electron chi connectivity index (χ4n) is 1.82. The highest BCUT2D eigenvalue weighted by molar-refractivity contribution is 9.09. The lowest BCUT2D eigenvalue weighted by molar-refractivity contribution is 0.626. The van der Waals surface area contributed by atoms with E-state index in [0.717, 1.165) is 22.2 Å². The summed E-state index contributed by atoms with van der Waals surface area (Å²) in [4.78, 5) is 0. The molecule has 0 aliphatic rings. The maximum atomic E-state index is 13.0. The molecule has 0 atom stereocenters. The van der Waals surface area contributed by atoms with E-state index in [2.05, 4.69) is 15.9 Å². The Hall–Kier alpha value is -0.870. The minimum absolute atomic E-state index is 0.0961. The standard InChI is InChI=1S/C15H13BrF2S/c16-9-10-19-15(11-1-5-13(17)6-2-11)12-3-7-14(18)8-4-12/h1-8,15H,9-10H2. The van der Waals surface area contributed by atoms with Crippen molar-refractivity contribution >= 4 is 27.7 Å². The van der Waals surface area contributed by atoms with Crippen LogP contribution in [0.4, 0.5) is 8.78 Å². The van der Waals surface area contributed by atoms with Crippen LogP contribution in [0.5, 0.6) is 0 Å². The second-order valence-corrected chi connectivity index (χ2v) is 6.05. The second-order valence-electron chi connectivity index (χ2n) is 4.04. The first-order chi connectivity index (χ1) is 9.20. The van der Waals surface area contributed by atoms with Gasteiger partial charge in [-0.1, -0.05) is 40.2 Å². The van der Waals surface area contributed by atoms with Crippen LogP contribution in [0.2, 0.25) is 0 Å². The summed E-state index contributed by atoms with van der Waals surface area (Å²) in [5.41, 5.74) is 2.05. The topological polar surface area (TPSA) is 0 Å². The molecule has 2 aromatic rings. The van der Waals surface area contributed by atoms with Crippen molar-refractivity contribution in [2.24, 2.45) is 0 Å². The molecule has 0 saturated carbocycles. The van der Waals surface area contributed by atoms with E-state index in [1.165, 1.54) is 24.3 Å². The van der Waals surface area contributed by atoms with Crippen molar-refractivity contribution in [1.29, 1.82) is 0 Å². The molecular weight excluding hydrogens is 330 g/mol. The van der Waals surface area contributed by atoms with Gasteiger partial charge in [0.05, 0.1) is 5.25 Å². The number of alkyl halides is 1. The fourth-order valence-corrected chi connectivity index (χ4v) is 3.41. The molecule has 0 aliphatic carbocycles. The van der Waals surface area contributed by atoms with E-state index < -0.39 is 0 Å². The summed E-state index contributed by atoms with van der Waals surface area (Å²) < 4.78 is 26.0. The van der Waals surface area contributed by atoms with Crippen molar-refractivity contribution in [3.63, 3.8) is 0 Å². The van der Waals surface area contributed by atoms with Gasteiger partial charge >= 0.3 is 0 Å². The maximum Gasteiger partial charge on any atom is 0.123 e. The highest BCUT2D eigenvalue weighted by Gasteiger charge is 2.14. The molecule has 0 nitrogen and oxygen atoms in total. The Bertz CT molecular complexity index is 465. The van der Waals surface area contributed by atoms with E-state index in [4.69, 9.17) is 0 Å². The molecule has 0 bridgehead atoms.